The van der Waals surface area contributed by atoms with E-state index in [0.717, 1.165) is 29.6 Å². The van der Waals surface area contributed by atoms with Gasteiger partial charge in [-0.15, -0.1) is 0 Å². The Morgan fingerprint density at radius 3 is 2.56 bits per heavy atom. The Balaban J connectivity index is 1.53. The summed E-state index contributed by atoms with van der Waals surface area (Å²) in [6.45, 7) is 1.27. The largest absolute Gasteiger partial charge is 0.383 e. The number of amides is 1. The van der Waals surface area contributed by atoms with Crippen LogP contribution in [-0.4, -0.2) is 62.8 Å². The molecular formula is C27H27F2N5O4S. The number of nitrogens with zero attached hydrogens (tertiary/aromatic N) is 4. The molecule has 0 unspecified atom stereocenters. The van der Waals surface area contributed by atoms with Crippen LogP contribution >= 0.6 is 0 Å². The van der Waals surface area contributed by atoms with Crippen LogP contribution in [0.25, 0.3) is 22.3 Å². The number of pyridine rings is 3. The first-order chi connectivity index (χ1) is 18.6. The van der Waals surface area contributed by atoms with Crippen molar-refractivity contribution in [1.82, 2.24) is 20.3 Å². The lowest BCUT2D eigenvalue weighted by Gasteiger charge is -2.18. The number of anilines is 1. The molecule has 0 aliphatic heterocycles. The first-order valence-corrected chi connectivity index (χ1v) is 13.8. The van der Waals surface area contributed by atoms with E-state index in [-0.39, 0.29) is 12.1 Å². The van der Waals surface area contributed by atoms with E-state index in [9.17, 15) is 22.0 Å². The summed E-state index contributed by atoms with van der Waals surface area (Å²) >= 11 is 0. The van der Waals surface area contributed by atoms with E-state index in [2.05, 4.69) is 10.3 Å². The number of hydrogen-bond acceptors (Lipinski definition) is 8. The minimum atomic E-state index is -3.96. The third-order valence-corrected chi connectivity index (χ3v) is 7.14. The van der Waals surface area contributed by atoms with Gasteiger partial charge in [-0.2, -0.15) is 0 Å². The van der Waals surface area contributed by atoms with Gasteiger partial charge < -0.3 is 15.0 Å². The second kappa shape index (κ2) is 11.8. The number of nitrogens with one attached hydrogen (secondary N) is 1. The fourth-order valence-corrected chi connectivity index (χ4v) is 4.79. The molecule has 0 saturated carbocycles. The molecule has 0 atom stereocenters. The highest BCUT2D eigenvalue weighted by atomic mass is 32.2. The van der Waals surface area contributed by atoms with Crippen molar-refractivity contribution in [3.05, 3.63) is 77.6 Å². The van der Waals surface area contributed by atoms with Crippen molar-refractivity contribution in [2.24, 2.45) is 0 Å². The summed E-state index contributed by atoms with van der Waals surface area (Å²) in [6, 6.07) is 14.2. The van der Waals surface area contributed by atoms with Crippen molar-refractivity contribution in [2.45, 2.75) is 17.9 Å². The third kappa shape index (κ3) is 6.70. The molecule has 0 radical (unpaired) electrons. The van der Waals surface area contributed by atoms with Crippen LogP contribution in [0.3, 0.4) is 0 Å². The molecule has 0 aliphatic carbocycles. The normalized spacial score (nSPS) is 11.6. The van der Waals surface area contributed by atoms with E-state index in [0.29, 0.717) is 35.8 Å². The van der Waals surface area contributed by atoms with Gasteiger partial charge in [0.2, 0.25) is 0 Å². The molecule has 4 rings (SSSR count). The molecule has 3 aromatic heterocycles. The fourth-order valence-electron chi connectivity index (χ4n) is 3.87. The summed E-state index contributed by atoms with van der Waals surface area (Å²) in [7, 11) is -0.382. The topological polar surface area (TPSA) is 114 Å². The monoisotopic (exact) mass is 555 g/mol. The first kappa shape index (κ1) is 28.0. The van der Waals surface area contributed by atoms with Gasteiger partial charge in [0.15, 0.2) is 9.84 Å². The molecule has 0 aliphatic rings. The summed E-state index contributed by atoms with van der Waals surface area (Å²) in [5.74, 6) is 0.160. The van der Waals surface area contributed by atoms with Crippen LogP contribution in [0, 0.1) is 0 Å². The van der Waals surface area contributed by atoms with Gasteiger partial charge in [-0.05, 0) is 42.5 Å². The third-order valence-electron chi connectivity index (χ3n) is 5.99. The predicted molar refractivity (Wildman–Crippen MR) is 144 cm³/mol. The molecule has 1 amide bonds. The Bertz CT molecular complexity index is 1620. The molecule has 3 heterocycles. The number of halogens is 2. The van der Waals surface area contributed by atoms with Crippen molar-refractivity contribution in [3.8, 4) is 11.4 Å². The van der Waals surface area contributed by atoms with Crippen molar-refractivity contribution in [2.75, 3.05) is 38.5 Å². The smallest absolute Gasteiger partial charge is 0.265 e. The summed E-state index contributed by atoms with van der Waals surface area (Å²) in [4.78, 5) is 27.9. The number of hydrogen-bond donors (Lipinski definition) is 1. The molecule has 1 N–H and O–H groups in total. The Morgan fingerprint density at radius 1 is 1.08 bits per heavy atom. The minimum absolute atomic E-state index is 0.0174. The Kier molecular flexibility index (Phi) is 8.46. The van der Waals surface area contributed by atoms with Gasteiger partial charge in [0.05, 0.1) is 40.6 Å². The molecule has 0 bridgehead atoms. The zero-order valence-electron chi connectivity index (χ0n) is 21.6. The number of alkyl halides is 2. The summed E-state index contributed by atoms with van der Waals surface area (Å²) in [5, 5.41) is 3.44. The van der Waals surface area contributed by atoms with Gasteiger partial charge in [0, 0.05) is 49.7 Å². The van der Waals surface area contributed by atoms with Crippen LogP contribution in [0.15, 0.2) is 65.7 Å². The molecule has 0 saturated heterocycles. The molecule has 9 nitrogen and oxygen atoms in total. The number of sulfone groups is 1. The number of aromatic nitrogens is 3. The van der Waals surface area contributed by atoms with Crippen LogP contribution < -0.4 is 10.2 Å². The maximum Gasteiger partial charge on any atom is 0.265 e. The summed E-state index contributed by atoms with van der Waals surface area (Å²) in [5.41, 5.74) is 1.81. The lowest BCUT2D eigenvalue weighted by molar-refractivity contribution is 0.0949. The van der Waals surface area contributed by atoms with Gasteiger partial charge in [-0.25, -0.2) is 27.2 Å². The van der Waals surface area contributed by atoms with Crippen LogP contribution in [0.4, 0.5) is 14.6 Å². The van der Waals surface area contributed by atoms with Gasteiger partial charge in [-0.3, -0.25) is 9.78 Å². The quantitative estimate of drug-likeness (QED) is 0.312. The summed E-state index contributed by atoms with van der Waals surface area (Å²) < 4.78 is 55.5. The van der Waals surface area contributed by atoms with Crippen LogP contribution in [0.1, 0.15) is 28.0 Å². The molecule has 1 aromatic carbocycles. The zero-order chi connectivity index (χ0) is 28.2. The standard InChI is InChI=1S/C27H27F2N5O4S/c1-34(11-12-38-2)25-6-4-5-21(33-25)22-10-8-18-15-30-19(14-23(18)32-22)16-31-27(35)17-7-9-20(26(28)29)24(13-17)39(3,36)37/h4-10,13-15,26H,11-12,16H2,1-3H3,(H,31,35). The maximum atomic E-state index is 13.2. The SMILES string of the molecule is COCCN(C)c1cccc(-c2ccc3cnc(CNC(=O)c4ccc(C(F)F)c(S(C)(=O)=O)c4)cc3n2)n1. The predicted octanol–water partition coefficient (Wildman–Crippen LogP) is 4.05. The molecule has 0 spiro atoms. The molecule has 39 heavy (non-hydrogen) atoms. The lowest BCUT2D eigenvalue weighted by atomic mass is 10.1. The van der Waals surface area contributed by atoms with Crippen LogP contribution in [-0.2, 0) is 21.1 Å². The molecule has 12 heteroatoms. The van der Waals surface area contributed by atoms with Crippen molar-refractivity contribution < 1.29 is 26.7 Å². The first-order valence-electron chi connectivity index (χ1n) is 11.9. The fraction of sp³-hybridized carbons (Fsp3) is 0.259. The van der Waals surface area contributed by atoms with E-state index in [4.69, 9.17) is 14.7 Å². The second-order valence-electron chi connectivity index (χ2n) is 8.87. The highest BCUT2D eigenvalue weighted by Gasteiger charge is 2.22. The Hall–Kier alpha value is -4.03. The summed E-state index contributed by atoms with van der Waals surface area (Å²) in [6.07, 6.45) is -0.531. The average molecular weight is 556 g/mol. The van der Waals surface area contributed by atoms with E-state index >= 15 is 0 Å². The van der Waals surface area contributed by atoms with Crippen LogP contribution in [0.2, 0.25) is 0 Å². The molecular weight excluding hydrogens is 528 g/mol. The van der Waals surface area contributed by atoms with Gasteiger partial charge in [0.25, 0.3) is 12.3 Å². The maximum absolute atomic E-state index is 13.2. The molecule has 0 fully saturated rings. The van der Waals surface area contributed by atoms with E-state index in [1.54, 1.807) is 19.4 Å². The number of carbonyl (C=O) groups excluding carboxylic acids is 1. The number of rotatable bonds is 10. The van der Waals surface area contributed by atoms with Crippen molar-refractivity contribution in [3.63, 3.8) is 0 Å². The molecule has 204 valence electrons. The van der Waals surface area contributed by atoms with E-state index < -0.39 is 32.6 Å². The van der Waals surface area contributed by atoms with Gasteiger partial charge >= 0.3 is 0 Å². The number of methoxy groups -OCH3 is 1. The van der Waals surface area contributed by atoms with E-state index in [1.165, 1.54) is 6.07 Å². The van der Waals surface area contributed by atoms with Crippen molar-refractivity contribution >= 4 is 32.5 Å². The zero-order valence-corrected chi connectivity index (χ0v) is 22.4. The number of benzene rings is 1. The lowest BCUT2D eigenvalue weighted by Crippen LogP contribution is -2.23. The second-order valence-corrected chi connectivity index (χ2v) is 10.9. The van der Waals surface area contributed by atoms with E-state index in [1.807, 2.05) is 42.3 Å². The van der Waals surface area contributed by atoms with Gasteiger partial charge in [0.1, 0.15) is 5.82 Å². The number of fused-ring (bicyclic) bond motifs is 1. The Labute approximate surface area is 224 Å². The highest BCUT2D eigenvalue weighted by molar-refractivity contribution is 7.90. The number of likely N-dealkylation sites (N-methyl/N-ethyl adjacent to an activating group) is 1. The Morgan fingerprint density at radius 2 is 1.85 bits per heavy atom. The number of ether oxygens (including phenoxy) is 1. The average Bonchev–Trinajstić information content (AvgIpc) is 2.93. The number of carbonyl (C=O) groups is 1. The molecule has 4 aromatic rings. The van der Waals surface area contributed by atoms with Gasteiger partial charge in [-0.1, -0.05) is 12.1 Å². The van der Waals surface area contributed by atoms with Crippen LogP contribution in [0.5, 0.6) is 0 Å². The van der Waals surface area contributed by atoms with Crippen molar-refractivity contribution in [1.29, 1.82) is 0 Å². The highest BCUT2D eigenvalue weighted by Crippen LogP contribution is 2.27. The minimum Gasteiger partial charge on any atom is -0.383 e.